The Labute approximate surface area is 82.1 Å². The van der Waals surface area contributed by atoms with Crippen molar-refractivity contribution < 1.29 is 13.6 Å². The van der Waals surface area contributed by atoms with Gasteiger partial charge in [0.1, 0.15) is 0 Å². The predicted molar refractivity (Wildman–Crippen MR) is 47.2 cm³/mol. The number of aromatic nitrogens is 1. The molecule has 0 spiro atoms. The van der Waals surface area contributed by atoms with Crippen molar-refractivity contribution in [3.63, 3.8) is 0 Å². The molecule has 0 saturated carbocycles. The number of alkyl halides is 3. The molecule has 0 aliphatic heterocycles. The summed E-state index contributed by atoms with van der Waals surface area (Å²) in [6.07, 6.45) is -1.10. The molecule has 0 fully saturated rings. The molecule has 0 N–H and O–H groups in total. The summed E-state index contributed by atoms with van der Waals surface area (Å²) in [6.45, 7) is 0. The van der Waals surface area contributed by atoms with Crippen molar-refractivity contribution in [1.82, 2.24) is 4.98 Å². The maximum Gasteiger partial charge on any atom is 0.264 e. The Hall–Kier alpha value is -0.840. The van der Waals surface area contributed by atoms with E-state index in [0.29, 0.717) is 17.3 Å². The van der Waals surface area contributed by atoms with Gasteiger partial charge in [-0.3, -0.25) is 9.78 Å². The van der Waals surface area contributed by atoms with Crippen LogP contribution in [0, 0.1) is 0 Å². The van der Waals surface area contributed by atoms with E-state index in [-0.39, 0.29) is 11.1 Å². The van der Waals surface area contributed by atoms with E-state index in [1.165, 1.54) is 6.07 Å². The third-order valence-electron chi connectivity index (χ3n) is 1.52. The number of carbonyl (C=O) groups is 1. The van der Waals surface area contributed by atoms with Gasteiger partial charge in [-0.25, -0.2) is 8.78 Å². The maximum absolute atomic E-state index is 12.3. The van der Waals surface area contributed by atoms with Crippen molar-refractivity contribution in [1.29, 1.82) is 0 Å². The van der Waals surface area contributed by atoms with Gasteiger partial charge in [0.2, 0.25) is 0 Å². The second-order valence-corrected chi connectivity index (χ2v) is 2.92. The second-order valence-electron chi connectivity index (χ2n) is 2.36. The number of rotatable bonds is 3. The van der Waals surface area contributed by atoms with Crippen LogP contribution in [0.4, 0.5) is 8.78 Å². The molecule has 0 amide bonds. The minimum Gasteiger partial charge on any atom is -0.298 e. The SMILES string of the molecule is O=Cc1cnc(CBr)cc1C(F)F. The van der Waals surface area contributed by atoms with Gasteiger partial charge in [-0.05, 0) is 6.07 Å². The largest absolute Gasteiger partial charge is 0.298 e. The highest BCUT2D eigenvalue weighted by Gasteiger charge is 2.13. The van der Waals surface area contributed by atoms with Crippen molar-refractivity contribution >= 4 is 22.2 Å². The van der Waals surface area contributed by atoms with E-state index in [1.807, 2.05) is 0 Å². The number of pyridine rings is 1. The molecular weight excluding hydrogens is 244 g/mol. The Balaban J connectivity index is 3.17. The first kappa shape index (κ1) is 10.2. The quantitative estimate of drug-likeness (QED) is 0.609. The lowest BCUT2D eigenvalue weighted by molar-refractivity contribution is 0.110. The molecule has 0 radical (unpaired) electrons. The highest BCUT2D eigenvalue weighted by molar-refractivity contribution is 9.08. The minimum atomic E-state index is -2.64. The van der Waals surface area contributed by atoms with Crippen LogP contribution in [0.5, 0.6) is 0 Å². The van der Waals surface area contributed by atoms with Gasteiger partial charge < -0.3 is 0 Å². The molecule has 70 valence electrons. The molecule has 13 heavy (non-hydrogen) atoms. The van der Waals surface area contributed by atoms with Gasteiger partial charge in [0, 0.05) is 22.7 Å². The first-order valence-corrected chi connectivity index (χ1v) is 4.59. The van der Waals surface area contributed by atoms with Crippen LogP contribution in [-0.4, -0.2) is 11.3 Å². The van der Waals surface area contributed by atoms with Crippen molar-refractivity contribution in [3.05, 3.63) is 29.1 Å². The maximum atomic E-state index is 12.3. The van der Waals surface area contributed by atoms with Crippen molar-refractivity contribution in [3.8, 4) is 0 Å². The van der Waals surface area contributed by atoms with Crippen LogP contribution in [0.25, 0.3) is 0 Å². The Morgan fingerprint density at radius 2 is 2.31 bits per heavy atom. The fourth-order valence-electron chi connectivity index (χ4n) is 0.888. The molecule has 0 aliphatic rings. The summed E-state index contributed by atoms with van der Waals surface area (Å²) in [6, 6.07) is 1.23. The van der Waals surface area contributed by atoms with Crippen LogP contribution in [0.3, 0.4) is 0 Å². The standard InChI is InChI=1S/C8H6BrF2NO/c9-2-6-1-7(8(10)11)5(4-13)3-12-6/h1,3-4,8H,2H2. The molecule has 0 aromatic carbocycles. The number of hydrogen-bond acceptors (Lipinski definition) is 2. The number of carbonyl (C=O) groups excluding carboxylic acids is 1. The highest BCUT2D eigenvalue weighted by Crippen LogP contribution is 2.22. The lowest BCUT2D eigenvalue weighted by atomic mass is 10.1. The van der Waals surface area contributed by atoms with E-state index >= 15 is 0 Å². The average Bonchev–Trinajstić information content (AvgIpc) is 2.16. The van der Waals surface area contributed by atoms with Crippen LogP contribution in [0.1, 0.15) is 28.0 Å². The highest BCUT2D eigenvalue weighted by atomic mass is 79.9. The van der Waals surface area contributed by atoms with Crippen molar-refractivity contribution in [2.45, 2.75) is 11.8 Å². The monoisotopic (exact) mass is 249 g/mol. The number of halogens is 3. The number of aldehydes is 1. The lowest BCUT2D eigenvalue weighted by Gasteiger charge is -2.04. The Bertz CT molecular complexity index is 317. The first-order chi connectivity index (χ1) is 6.19. The van der Waals surface area contributed by atoms with Crippen LogP contribution in [0.15, 0.2) is 12.3 Å². The lowest BCUT2D eigenvalue weighted by Crippen LogP contribution is -1.97. The van der Waals surface area contributed by atoms with Crippen LogP contribution in [0.2, 0.25) is 0 Å². The molecule has 1 heterocycles. The summed E-state index contributed by atoms with van der Waals surface area (Å²) in [5, 5.41) is 0.395. The summed E-state index contributed by atoms with van der Waals surface area (Å²) in [4.78, 5) is 14.1. The molecule has 1 aromatic heterocycles. The van der Waals surface area contributed by atoms with E-state index in [4.69, 9.17) is 0 Å². The van der Waals surface area contributed by atoms with E-state index in [1.54, 1.807) is 0 Å². The fraction of sp³-hybridized carbons (Fsp3) is 0.250. The molecule has 0 bridgehead atoms. The van der Waals surface area contributed by atoms with E-state index in [9.17, 15) is 13.6 Å². The van der Waals surface area contributed by atoms with E-state index in [2.05, 4.69) is 20.9 Å². The molecule has 1 aromatic rings. The molecule has 5 heteroatoms. The van der Waals surface area contributed by atoms with Gasteiger partial charge >= 0.3 is 0 Å². The van der Waals surface area contributed by atoms with Crippen molar-refractivity contribution in [2.24, 2.45) is 0 Å². The summed E-state index contributed by atoms with van der Waals surface area (Å²) in [5.74, 6) is 0. The summed E-state index contributed by atoms with van der Waals surface area (Å²) in [7, 11) is 0. The van der Waals surface area contributed by atoms with Gasteiger partial charge in [-0.15, -0.1) is 0 Å². The van der Waals surface area contributed by atoms with E-state index < -0.39 is 6.43 Å². The predicted octanol–water partition coefficient (Wildman–Crippen LogP) is 2.73. The minimum absolute atomic E-state index is 0.0558. The zero-order valence-electron chi connectivity index (χ0n) is 6.51. The molecule has 0 atom stereocenters. The van der Waals surface area contributed by atoms with Crippen LogP contribution < -0.4 is 0 Å². The van der Waals surface area contributed by atoms with Gasteiger partial charge in [0.15, 0.2) is 6.29 Å². The van der Waals surface area contributed by atoms with Gasteiger partial charge in [0.05, 0.1) is 5.69 Å². The number of nitrogens with zero attached hydrogens (tertiary/aromatic N) is 1. The van der Waals surface area contributed by atoms with Crippen LogP contribution in [-0.2, 0) is 5.33 Å². The Kier molecular flexibility index (Phi) is 3.48. The zero-order valence-corrected chi connectivity index (χ0v) is 8.09. The van der Waals surface area contributed by atoms with E-state index in [0.717, 1.165) is 6.20 Å². The third kappa shape index (κ3) is 2.30. The van der Waals surface area contributed by atoms with Gasteiger partial charge in [0.25, 0.3) is 6.43 Å². The third-order valence-corrected chi connectivity index (χ3v) is 2.10. The molecular formula is C8H6BrF2NO. The fourth-order valence-corrected chi connectivity index (χ4v) is 1.19. The molecule has 2 nitrogen and oxygen atoms in total. The average molecular weight is 250 g/mol. The summed E-state index contributed by atoms with van der Waals surface area (Å²) >= 11 is 3.09. The summed E-state index contributed by atoms with van der Waals surface area (Å²) < 4.78 is 24.7. The van der Waals surface area contributed by atoms with Crippen molar-refractivity contribution in [2.75, 3.05) is 0 Å². The molecule has 0 aliphatic carbocycles. The molecule has 1 rings (SSSR count). The smallest absolute Gasteiger partial charge is 0.264 e. The molecule has 0 unspecified atom stereocenters. The summed E-state index contributed by atoms with van der Waals surface area (Å²) in [5.41, 5.74) is 0.167. The zero-order chi connectivity index (χ0) is 9.84. The normalized spacial score (nSPS) is 10.5. The second kappa shape index (κ2) is 4.41. The van der Waals surface area contributed by atoms with Gasteiger partial charge in [-0.1, -0.05) is 15.9 Å². The first-order valence-electron chi connectivity index (χ1n) is 3.47. The molecule has 0 saturated heterocycles. The van der Waals surface area contributed by atoms with Gasteiger partial charge in [-0.2, -0.15) is 0 Å². The number of hydrogen-bond donors (Lipinski definition) is 0. The Morgan fingerprint density at radius 3 is 2.77 bits per heavy atom. The Morgan fingerprint density at radius 1 is 1.62 bits per heavy atom. The van der Waals surface area contributed by atoms with Crippen LogP contribution >= 0.6 is 15.9 Å². The topological polar surface area (TPSA) is 30.0 Å².